The fourth-order valence-electron chi connectivity index (χ4n) is 2.60. The smallest absolute Gasteiger partial charge is 0.164 e. The molecule has 0 saturated heterocycles. The maximum atomic E-state index is 10.3. The maximum Gasteiger partial charge on any atom is 0.164 e. The van der Waals surface area contributed by atoms with Gasteiger partial charge in [-0.1, -0.05) is 120 Å². The molecule has 2 aromatic rings. The van der Waals surface area contributed by atoms with Crippen LogP contribution < -0.4 is 4.74 Å². The van der Waals surface area contributed by atoms with E-state index in [1.54, 1.807) is 18.2 Å². The van der Waals surface area contributed by atoms with Crippen LogP contribution in [0.2, 0.25) is 0 Å². The summed E-state index contributed by atoms with van der Waals surface area (Å²) >= 11 is 6.59. The van der Waals surface area contributed by atoms with Gasteiger partial charge in [0.15, 0.2) is 11.5 Å². The van der Waals surface area contributed by atoms with Crippen molar-refractivity contribution in [1.29, 1.82) is 0 Å². The summed E-state index contributed by atoms with van der Waals surface area (Å²) in [7, 11) is 0. The largest absolute Gasteiger partial charge is 0.504 e. The summed E-state index contributed by atoms with van der Waals surface area (Å²) in [4.78, 5) is 0.944. The van der Waals surface area contributed by atoms with Crippen LogP contribution in [0, 0.1) is 6.92 Å². The van der Waals surface area contributed by atoms with Crippen molar-refractivity contribution < 1.29 is 9.84 Å². The number of hydrogen-bond donors (Lipinski definition) is 1. The molecule has 0 spiro atoms. The van der Waals surface area contributed by atoms with Crippen molar-refractivity contribution >= 4 is 34.3 Å². The number of allylic oxidation sites excluding steroid dienone is 2. The molecule has 0 fully saturated rings. The zero-order valence-corrected chi connectivity index (χ0v) is 23.8. The van der Waals surface area contributed by atoms with Gasteiger partial charge in [0.1, 0.15) is 6.61 Å². The highest BCUT2D eigenvalue weighted by Gasteiger charge is 2.09. The van der Waals surface area contributed by atoms with Crippen molar-refractivity contribution in [3.8, 4) is 11.5 Å². The van der Waals surface area contributed by atoms with Gasteiger partial charge < -0.3 is 9.84 Å². The molecular weight excluding hydrogens is 456 g/mol. The number of aryl methyl sites for hydroxylation is 1. The summed E-state index contributed by atoms with van der Waals surface area (Å²) < 4.78 is 6.61. The minimum absolute atomic E-state index is 0.129. The van der Waals surface area contributed by atoms with E-state index in [9.17, 15) is 5.11 Å². The van der Waals surface area contributed by atoms with E-state index in [0.717, 1.165) is 25.8 Å². The normalized spacial score (nSPS) is 9.68. The second-order valence-corrected chi connectivity index (χ2v) is 9.23. The minimum atomic E-state index is 0.129. The highest BCUT2D eigenvalue weighted by atomic mass is 32.2. The molecule has 0 aromatic heterocycles. The standard InChI is InChI=1S/C20H20O2S2.C5H12.C3H6.C2H6/c1-4-18(24-15(3)23)11-17-10-14(2)20(19(21)12-17)22-13-16-8-6-5-7-9-16;1-3-5-4-2;1-3-2;1-2/h4-12,21H,1,13H2,2-3H3;3-5H2,1-2H3;3H,1H2,2H3;1-2H3/b18-11-;;;. The number of phenols is 1. The lowest BCUT2D eigenvalue weighted by atomic mass is 10.1. The van der Waals surface area contributed by atoms with E-state index in [1.165, 1.54) is 31.0 Å². The predicted molar refractivity (Wildman–Crippen MR) is 160 cm³/mol. The topological polar surface area (TPSA) is 29.5 Å². The Labute approximate surface area is 218 Å². The van der Waals surface area contributed by atoms with Gasteiger partial charge >= 0.3 is 0 Å². The number of rotatable bonds is 8. The zero-order valence-electron chi connectivity index (χ0n) is 22.2. The molecule has 34 heavy (non-hydrogen) atoms. The second-order valence-electron chi connectivity index (χ2n) is 7.07. The van der Waals surface area contributed by atoms with E-state index in [1.807, 2.05) is 77.1 Å². The summed E-state index contributed by atoms with van der Waals surface area (Å²) in [6.07, 6.45) is 9.53. The molecule has 2 rings (SSSR count). The summed E-state index contributed by atoms with van der Waals surface area (Å²) in [5.74, 6) is 0.638. The third-order valence-electron chi connectivity index (χ3n) is 3.98. The Balaban J connectivity index is 0. The number of aromatic hydroxyl groups is 1. The van der Waals surface area contributed by atoms with Crippen LogP contribution in [0.3, 0.4) is 0 Å². The number of phenolic OH excluding ortho intramolecular Hbond substituents is 1. The zero-order chi connectivity index (χ0) is 26.4. The highest BCUT2D eigenvalue weighted by molar-refractivity contribution is 8.25. The Bertz CT molecular complexity index is 830. The van der Waals surface area contributed by atoms with E-state index >= 15 is 0 Å². The fraction of sp³-hybridized carbons (Fsp3) is 0.367. The minimum Gasteiger partial charge on any atom is -0.504 e. The van der Waals surface area contributed by atoms with Gasteiger partial charge in [-0.25, -0.2) is 0 Å². The average Bonchev–Trinajstić information content (AvgIpc) is 2.81. The van der Waals surface area contributed by atoms with Crippen LogP contribution >= 0.6 is 24.0 Å². The van der Waals surface area contributed by atoms with Gasteiger partial charge in [0.05, 0.1) is 0 Å². The van der Waals surface area contributed by atoms with Crippen molar-refractivity contribution in [3.63, 3.8) is 0 Å². The Morgan fingerprint density at radius 1 is 1.09 bits per heavy atom. The molecule has 2 nitrogen and oxygen atoms in total. The molecule has 0 radical (unpaired) electrons. The van der Waals surface area contributed by atoms with Gasteiger partial charge in [-0.2, -0.15) is 0 Å². The lowest BCUT2D eigenvalue weighted by Crippen LogP contribution is -1.97. The first kappa shape index (κ1) is 33.9. The van der Waals surface area contributed by atoms with Gasteiger partial charge in [-0.15, -0.1) is 6.58 Å². The van der Waals surface area contributed by atoms with E-state index < -0.39 is 0 Å². The lowest BCUT2D eigenvalue weighted by molar-refractivity contribution is 0.287. The molecule has 0 amide bonds. The van der Waals surface area contributed by atoms with Gasteiger partial charge in [0.2, 0.25) is 0 Å². The summed E-state index contributed by atoms with van der Waals surface area (Å²) in [5.41, 5.74) is 2.82. The quantitative estimate of drug-likeness (QED) is 0.222. The molecule has 0 aliphatic carbocycles. The van der Waals surface area contributed by atoms with Gasteiger partial charge in [0, 0.05) is 9.10 Å². The fourth-order valence-corrected chi connectivity index (χ4v) is 3.50. The van der Waals surface area contributed by atoms with Crippen molar-refractivity contribution in [2.24, 2.45) is 0 Å². The van der Waals surface area contributed by atoms with Crippen LogP contribution in [-0.4, -0.2) is 9.30 Å². The number of thiocarbonyl (C=S) groups is 1. The highest BCUT2D eigenvalue weighted by Crippen LogP contribution is 2.33. The summed E-state index contributed by atoms with van der Waals surface area (Å²) in [6.45, 7) is 21.7. The van der Waals surface area contributed by atoms with Gasteiger partial charge in [-0.3, -0.25) is 0 Å². The third-order valence-corrected chi connectivity index (χ3v) is 5.04. The van der Waals surface area contributed by atoms with Crippen LogP contribution in [-0.2, 0) is 6.61 Å². The first-order valence-corrected chi connectivity index (χ1v) is 13.1. The molecule has 0 saturated carbocycles. The van der Waals surface area contributed by atoms with Crippen LogP contribution in [0.1, 0.15) is 77.5 Å². The molecule has 4 heteroatoms. The molecule has 1 N–H and O–H groups in total. The van der Waals surface area contributed by atoms with Crippen molar-refractivity contribution in [2.75, 3.05) is 0 Å². The number of benzene rings is 2. The van der Waals surface area contributed by atoms with Crippen molar-refractivity contribution in [2.45, 2.75) is 74.3 Å². The van der Waals surface area contributed by atoms with Crippen LogP contribution in [0.4, 0.5) is 0 Å². The molecule has 0 bridgehead atoms. The Kier molecular flexibility index (Phi) is 22.4. The van der Waals surface area contributed by atoms with E-state index in [-0.39, 0.29) is 5.75 Å². The summed E-state index contributed by atoms with van der Waals surface area (Å²) in [6, 6.07) is 13.5. The Hall–Kier alpha value is -2.30. The number of hydrogen-bond acceptors (Lipinski definition) is 4. The van der Waals surface area contributed by atoms with E-state index in [4.69, 9.17) is 17.0 Å². The first-order valence-electron chi connectivity index (χ1n) is 11.9. The molecular formula is C30H44O2S2. The SMILES string of the molecule is C=C/C(=C/c1cc(C)c(OCc2ccccc2)c(O)c1)SC(C)=S.C=CC.CC.CCCCC. The van der Waals surface area contributed by atoms with E-state index in [0.29, 0.717) is 12.4 Å². The van der Waals surface area contributed by atoms with Crippen molar-refractivity contribution in [3.05, 3.63) is 89.4 Å². The summed E-state index contributed by atoms with van der Waals surface area (Å²) in [5, 5.41) is 10.3. The van der Waals surface area contributed by atoms with E-state index in [2.05, 4.69) is 27.0 Å². The average molecular weight is 501 g/mol. The molecule has 2 aromatic carbocycles. The first-order chi connectivity index (χ1) is 16.3. The maximum absolute atomic E-state index is 10.3. The van der Waals surface area contributed by atoms with Gasteiger partial charge in [0.25, 0.3) is 0 Å². The van der Waals surface area contributed by atoms with Crippen LogP contribution in [0.15, 0.2) is 72.7 Å². The molecule has 0 atom stereocenters. The number of ether oxygens (including phenoxy) is 1. The molecule has 188 valence electrons. The van der Waals surface area contributed by atoms with Crippen LogP contribution in [0.5, 0.6) is 11.5 Å². The third kappa shape index (κ3) is 16.3. The predicted octanol–water partition coefficient (Wildman–Crippen LogP) is 10.3. The lowest BCUT2D eigenvalue weighted by Gasteiger charge is -2.12. The number of thioether (sulfide) groups is 1. The van der Waals surface area contributed by atoms with Crippen molar-refractivity contribution in [1.82, 2.24) is 0 Å². The molecule has 0 aliphatic heterocycles. The Morgan fingerprint density at radius 2 is 1.65 bits per heavy atom. The molecule has 0 unspecified atom stereocenters. The van der Waals surface area contributed by atoms with Crippen LogP contribution in [0.25, 0.3) is 6.08 Å². The molecule has 0 aliphatic rings. The van der Waals surface area contributed by atoms with Gasteiger partial charge in [-0.05, 0) is 55.7 Å². The number of unbranched alkanes of at least 4 members (excludes halogenated alkanes) is 2. The monoisotopic (exact) mass is 500 g/mol. The second kappa shape index (κ2) is 22.5. The molecule has 0 heterocycles. The Morgan fingerprint density at radius 3 is 2.06 bits per heavy atom.